The van der Waals surface area contributed by atoms with E-state index in [1.165, 1.54) is 19.2 Å². The SMILES string of the molecule is COc1ccc2c(n1)c(C(=O)NC1CCCC[C@@H]1O)cn2Cc1ccc(F)cc1. The average Bonchev–Trinajstić information content (AvgIpc) is 3.09. The number of carbonyl (C=O) groups excluding carboxylic acids is 1. The van der Waals surface area contributed by atoms with Gasteiger partial charge < -0.3 is 19.7 Å². The number of methoxy groups -OCH3 is 1. The van der Waals surface area contributed by atoms with E-state index in [-0.39, 0.29) is 17.8 Å². The van der Waals surface area contributed by atoms with Crippen molar-refractivity contribution in [3.63, 3.8) is 0 Å². The summed E-state index contributed by atoms with van der Waals surface area (Å²) in [6.07, 6.45) is 4.65. The van der Waals surface area contributed by atoms with Crippen LogP contribution in [0, 0.1) is 5.82 Å². The molecule has 2 heterocycles. The highest BCUT2D eigenvalue weighted by Gasteiger charge is 2.26. The van der Waals surface area contributed by atoms with Crippen molar-refractivity contribution in [2.75, 3.05) is 7.11 Å². The second-order valence-corrected chi connectivity index (χ2v) is 7.45. The highest BCUT2D eigenvalue weighted by molar-refractivity contribution is 6.05. The smallest absolute Gasteiger partial charge is 0.255 e. The highest BCUT2D eigenvalue weighted by atomic mass is 19.1. The van der Waals surface area contributed by atoms with Crippen LogP contribution >= 0.6 is 0 Å². The predicted molar refractivity (Wildman–Crippen MR) is 108 cm³/mol. The minimum absolute atomic E-state index is 0.252. The van der Waals surface area contributed by atoms with E-state index in [4.69, 9.17) is 4.74 Å². The Morgan fingerprint density at radius 1 is 1.24 bits per heavy atom. The van der Waals surface area contributed by atoms with Gasteiger partial charge in [-0.25, -0.2) is 9.37 Å². The molecule has 4 rings (SSSR count). The molecular weight excluding hydrogens is 373 g/mol. The number of halogens is 1. The van der Waals surface area contributed by atoms with Crippen molar-refractivity contribution in [3.05, 3.63) is 59.5 Å². The predicted octanol–water partition coefficient (Wildman–Crippen LogP) is 3.27. The first-order valence-corrected chi connectivity index (χ1v) is 9.82. The second-order valence-electron chi connectivity index (χ2n) is 7.45. The largest absolute Gasteiger partial charge is 0.481 e. The minimum Gasteiger partial charge on any atom is -0.481 e. The van der Waals surface area contributed by atoms with Gasteiger partial charge in [-0.15, -0.1) is 0 Å². The third-order valence-corrected chi connectivity index (χ3v) is 5.46. The van der Waals surface area contributed by atoms with Gasteiger partial charge in [0.2, 0.25) is 5.88 Å². The Labute approximate surface area is 168 Å². The fourth-order valence-electron chi connectivity index (χ4n) is 3.87. The Balaban J connectivity index is 1.68. The first kappa shape index (κ1) is 19.4. The molecule has 1 fully saturated rings. The van der Waals surface area contributed by atoms with Crippen LogP contribution in [0.2, 0.25) is 0 Å². The van der Waals surface area contributed by atoms with Crippen molar-refractivity contribution >= 4 is 16.9 Å². The van der Waals surface area contributed by atoms with Crippen LogP contribution in [0.3, 0.4) is 0 Å². The van der Waals surface area contributed by atoms with E-state index in [9.17, 15) is 14.3 Å². The van der Waals surface area contributed by atoms with Crippen LogP contribution in [0.25, 0.3) is 11.0 Å². The first-order chi connectivity index (χ1) is 14.0. The number of rotatable bonds is 5. The van der Waals surface area contributed by atoms with Gasteiger partial charge in [0.15, 0.2) is 0 Å². The standard InChI is InChI=1S/C22H24FN3O3/c1-29-20-11-10-18-21(25-20)16(22(28)24-17-4-2-3-5-19(17)27)13-26(18)12-14-6-8-15(23)9-7-14/h6-11,13,17,19,27H,2-5,12H2,1H3,(H,24,28)/t17?,19-/m0/s1. The molecular formula is C22H24FN3O3. The van der Waals surface area contributed by atoms with Crippen molar-refractivity contribution in [1.82, 2.24) is 14.9 Å². The summed E-state index contributed by atoms with van der Waals surface area (Å²) in [7, 11) is 1.53. The number of aromatic nitrogens is 2. The molecule has 0 saturated heterocycles. The van der Waals surface area contributed by atoms with E-state index in [0.717, 1.165) is 30.3 Å². The number of ether oxygens (including phenoxy) is 1. The molecule has 1 aliphatic rings. The van der Waals surface area contributed by atoms with Crippen LogP contribution in [-0.2, 0) is 6.54 Å². The number of carbonyl (C=O) groups is 1. The average molecular weight is 397 g/mol. The maximum atomic E-state index is 13.2. The number of nitrogens with zero attached hydrogens (tertiary/aromatic N) is 2. The Morgan fingerprint density at radius 2 is 2.00 bits per heavy atom. The molecule has 2 atom stereocenters. The highest BCUT2D eigenvalue weighted by Crippen LogP contribution is 2.25. The lowest BCUT2D eigenvalue weighted by Crippen LogP contribution is -2.45. The molecule has 1 amide bonds. The molecule has 2 N–H and O–H groups in total. The quantitative estimate of drug-likeness (QED) is 0.693. The van der Waals surface area contributed by atoms with Gasteiger partial charge in [-0.05, 0) is 36.6 Å². The van der Waals surface area contributed by atoms with Gasteiger partial charge in [0, 0.05) is 18.8 Å². The van der Waals surface area contributed by atoms with Crippen molar-refractivity contribution in [2.45, 2.75) is 44.4 Å². The number of aliphatic hydroxyl groups is 1. The van der Waals surface area contributed by atoms with Gasteiger partial charge >= 0.3 is 0 Å². The molecule has 1 aromatic carbocycles. The van der Waals surface area contributed by atoms with Crippen molar-refractivity contribution in [2.24, 2.45) is 0 Å². The monoisotopic (exact) mass is 397 g/mol. The summed E-state index contributed by atoms with van der Waals surface area (Å²) in [4.78, 5) is 17.5. The molecule has 2 aromatic heterocycles. The summed E-state index contributed by atoms with van der Waals surface area (Å²) in [5, 5.41) is 13.2. The Kier molecular flexibility index (Phi) is 5.49. The molecule has 0 radical (unpaired) electrons. The molecule has 0 spiro atoms. The molecule has 1 unspecified atom stereocenters. The van der Waals surface area contributed by atoms with E-state index in [2.05, 4.69) is 10.3 Å². The van der Waals surface area contributed by atoms with E-state index in [1.54, 1.807) is 24.4 Å². The Hall–Kier alpha value is -2.93. The molecule has 0 aliphatic heterocycles. The van der Waals surface area contributed by atoms with Crippen molar-refractivity contribution in [3.8, 4) is 5.88 Å². The number of hydrogen-bond donors (Lipinski definition) is 2. The molecule has 1 saturated carbocycles. The molecule has 0 bridgehead atoms. The molecule has 1 aliphatic carbocycles. The molecule has 3 aromatic rings. The Bertz CT molecular complexity index is 1020. The van der Waals surface area contributed by atoms with E-state index >= 15 is 0 Å². The van der Waals surface area contributed by atoms with Crippen LogP contribution in [0.15, 0.2) is 42.6 Å². The van der Waals surface area contributed by atoms with Crippen LogP contribution in [0.1, 0.15) is 41.6 Å². The van der Waals surface area contributed by atoms with Crippen LogP contribution in [0.5, 0.6) is 5.88 Å². The minimum atomic E-state index is -0.525. The van der Waals surface area contributed by atoms with Crippen LogP contribution in [0.4, 0.5) is 4.39 Å². The molecule has 6 nitrogen and oxygen atoms in total. The molecule has 29 heavy (non-hydrogen) atoms. The van der Waals surface area contributed by atoms with E-state index in [0.29, 0.717) is 29.9 Å². The number of benzene rings is 1. The van der Waals surface area contributed by atoms with Crippen LogP contribution in [-0.4, -0.2) is 39.8 Å². The van der Waals surface area contributed by atoms with Gasteiger partial charge in [0.05, 0.1) is 30.3 Å². The molecule has 152 valence electrons. The normalized spacial score (nSPS) is 19.3. The number of amides is 1. The van der Waals surface area contributed by atoms with Crippen LogP contribution < -0.4 is 10.1 Å². The summed E-state index contributed by atoms with van der Waals surface area (Å²) >= 11 is 0. The fourth-order valence-corrected chi connectivity index (χ4v) is 3.87. The number of fused-ring (bicyclic) bond motifs is 1. The first-order valence-electron chi connectivity index (χ1n) is 9.82. The van der Waals surface area contributed by atoms with Gasteiger partial charge in [0.25, 0.3) is 5.91 Å². The summed E-state index contributed by atoms with van der Waals surface area (Å²) in [5.41, 5.74) is 2.66. The summed E-state index contributed by atoms with van der Waals surface area (Å²) in [6.45, 7) is 0.476. The lowest BCUT2D eigenvalue weighted by molar-refractivity contribution is 0.0718. The zero-order chi connectivity index (χ0) is 20.4. The maximum Gasteiger partial charge on any atom is 0.255 e. The fraction of sp³-hybridized carbons (Fsp3) is 0.364. The molecule has 7 heteroatoms. The van der Waals surface area contributed by atoms with E-state index in [1.807, 2.05) is 10.6 Å². The number of nitrogens with one attached hydrogen (secondary N) is 1. The zero-order valence-electron chi connectivity index (χ0n) is 16.3. The lowest BCUT2D eigenvalue weighted by atomic mass is 9.92. The van der Waals surface area contributed by atoms with Crippen molar-refractivity contribution in [1.29, 1.82) is 0 Å². The lowest BCUT2D eigenvalue weighted by Gasteiger charge is -2.28. The number of hydrogen-bond acceptors (Lipinski definition) is 4. The number of pyridine rings is 1. The topological polar surface area (TPSA) is 76.4 Å². The van der Waals surface area contributed by atoms with Gasteiger partial charge in [-0.2, -0.15) is 0 Å². The third kappa shape index (κ3) is 4.10. The van der Waals surface area contributed by atoms with Gasteiger partial charge in [0.1, 0.15) is 11.3 Å². The van der Waals surface area contributed by atoms with E-state index < -0.39 is 6.10 Å². The number of aliphatic hydroxyl groups excluding tert-OH is 1. The summed E-state index contributed by atoms with van der Waals surface area (Å²) < 4.78 is 20.4. The third-order valence-electron chi connectivity index (χ3n) is 5.46. The Morgan fingerprint density at radius 3 is 2.72 bits per heavy atom. The summed E-state index contributed by atoms with van der Waals surface area (Å²) in [6, 6.07) is 9.62. The van der Waals surface area contributed by atoms with Gasteiger partial charge in [-0.1, -0.05) is 25.0 Å². The van der Waals surface area contributed by atoms with Crippen molar-refractivity contribution < 1.29 is 19.0 Å². The summed E-state index contributed by atoms with van der Waals surface area (Å²) in [5.74, 6) is -0.132. The zero-order valence-corrected chi connectivity index (χ0v) is 16.3. The maximum absolute atomic E-state index is 13.2. The second kappa shape index (κ2) is 8.21. The van der Waals surface area contributed by atoms with Gasteiger partial charge in [-0.3, -0.25) is 4.79 Å².